The topological polar surface area (TPSA) is 55.8 Å². The lowest BCUT2D eigenvalue weighted by atomic mass is 10.0. The van der Waals surface area contributed by atoms with E-state index in [1.807, 2.05) is 12.1 Å². The Balaban J connectivity index is 1.58. The zero-order valence-electron chi connectivity index (χ0n) is 22.0. The minimum Gasteiger partial charge on any atom is -0.457 e. The van der Waals surface area contributed by atoms with E-state index in [1.54, 1.807) is 12.1 Å². The van der Waals surface area contributed by atoms with Crippen molar-refractivity contribution in [3.63, 3.8) is 0 Å². The second-order valence-corrected chi connectivity index (χ2v) is 11.1. The maximum absolute atomic E-state index is 12.1. The van der Waals surface area contributed by atoms with E-state index in [2.05, 4.69) is 19.1 Å². The Morgan fingerprint density at radius 2 is 1.06 bits per heavy atom. The first kappa shape index (κ1) is 29.3. The van der Waals surface area contributed by atoms with E-state index >= 15 is 0 Å². The van der Waals surface area contributed by atoms with Crippen LogP contribution < -0.4 is 4.74 Å². The van der Waals surface area contributed by atoms with Gasteiger partial charge in [0.25, 0.3) is 0 Å². The molecule has 2 aromatic carbocycles. The third kappa shape index (κ3) is 12.6. The highest BCUT2D eigenvalue weighted by Gasteiger charge is 2.16. The van der Waals surface area contributed by atoms with Gasteiger partial charge in [0.05, 0.1) is 4.90 Å². The van der Waals surface area contributed by atoms with Crippen LogP contribution in [0, 0.1) is 0 Å². The van der Waals surface area contributed by atoms with Crippen molar-refractivity contribution in [3.05, 3.63) is 54.1 Å². The van der Waals surface area contributed by atoms with Gasteiger partial charge >= 0.3 is 10.1 Å². The van der Waals surface area contributed by atoms with E-state index in [4.69, 9.17) is 9.02 Å². The average molecular weight is 504 g/mol. The summed E-state index contributed by atoms with van der Waals surface area (Å²) >= 11 is 0. The Labute approximate surface area is 213 Å². The highest BCUT2D eigenvalue weighted by atomic mass is 32.2. The molecule has 2 aromatic rings. The Kier molecular flexibility index (Phi) is 14.0. The lowest BCUT2D eigenvalue weighted by Gasteiger charge is -2.11. The number of rotatable bonds is 19. The predicted molar refractivity (Wildman–Crippen MR) is 144 cm³/mol. The molecule has 0 saturated heterocycles. The van der Waals surface area contributed by atoms with Crippen LogP contribution in [0.4, 0.5) is 0 Å². The highest BCUT2D eigenvalue weighted by Crippen LogP contribution is 2.24. The van der Waals surface area contributed by atoms with Gasteiger partial charge < -0.3 is 4.74 Å². The number of unbranched alkanes of at least 4 members (excludes halogenated alkanes) is 12. The fourth-order valence-corrected chi connectivity index (χ4v) is 5.07. The van der Waals surface area contributed by atoms with Crippen molar-refractivity contribution in [1.82, 2.24) is 5.06 Å². The van der Waals surface area contributed by atoms with Crippen LogP contribution >= 0.6 is 0 Å². The molecular formula is C29H45NO4S. The quantitative estimate of drug-likeness (QED) is 0.143. The third-order valence-corrected chi connectivity index (χ3v) is 7.43. The van der Waals surface area contributed by atoms with Gasteiger partial charge in [0.2, 0.25) is 0 Å². The van der Waals surface area contributed by atoms with E-state index in [9.17, 15) is 8.42 Å². The minimum atomic E-state index is -3.81. The first-order chi connectivity index (χ1) is 16.9. The van der Waals surface area contributed by atoms with Gasteiger partial charge in [-0.25, -0.2) is 0 Å². The standard InChI is InChI=1S/C29H45NO4S/c1-4-5-6-7-8-9-10-11-12-13-14-15-16-17-26-18-20-27(21-19-26)33-28-22-24-29(25-23-28)35(31,32)34-30(2)3/h18-25H,4-17H2,1-3H3. The molecule has 0 heterocycles. The molecule has 0 aliphatic rings. The normalized spacial score (nSPS) is 11.8. The summed E-state index contributed by atoms with van der Waals surface area (Å²) in [4.78, 5) is 0.0895. The van der Waals surface area contributed by atoms with E-state index in [0.717, 1.165) is 17.2 Å². The Morgan fingerprint density at radius 1 is 0.629 bits per heavy atom. The molecule has 0 spiro atoms. The van der Waals surface area contributed by atoms with Crippen LogP contribution in [0.15, 0.2) is 53.4 Å². The van der Waals surface area contributed by atoms with E-state index in [0.29, 0.717) is 5.75 Å². The Hall–Kier alpha value is -1.89. The zero-order valence-corrected chi connectivity index (χ0v) is 22.8. The third-order valence-electron chi connectivity index (χ3n) is 6.09. The summed E-state index contributed by atoms with van der Waals surface area (Å²) in [5, 5.41) is 1.15. The Morgan fingerprint density at radius 3 is 1.51 bits per heavy atom. The molecule has 6 heteroatoms. The van der Waals surface area contributed by atoms with E-state index < -0.39 is 10.1 Å². The number of aryl methyl sites for hydroxylation is 1. The molecule has 0 atom stereocenters. The van der Waals surface area contributed by atoms with Crippen LogP contribution in [0.5, 0.6) is 11.5 Å². The second-order valence-electron chi connectivity index (χ2n) is 9.55. The molecule has 35 heavy (non-hydrogen) atoms. The Bertz CT molecular complexity index is 909. The SMILES string of the molecule is CCCCCCCCCCCCCCCc1ccc(Oc2ccc(S(=O)(=O)ON(C)C)cc2)cc1. The van der Waals surface area contributed by atoms with Crippen molar-refractivity contribution >= 4 is 10.1 Å². The maximum atomic E-state index is 12.1. The summed E-state index contributed by atoms with van der Waals surface area (Å²) in [6, 6.07) is 14.4. The molecule has 0 N–H and O–H groups in total. The molecular weight excluding hydrogens is 458 g/mol. The monoisotopic (exact) mass is 503 g/mol. The fourth-order valence-electron chi connectivity index (χ4n) is 4.12. The van der Waals surface area contributed by atoms with Gasteiger partial charge in [-0.15, -0.1) is 0 Å². The minimum absolute atomic E-state index is 0.0895. The number of ether oxygens (including phenoxy) is 1. The number of hydroxylamine groups is 2. The van der Waals surface area contributed by atoms with E-state index in [-0.39, 0.29) is 4.90 Å². The first-order valence-corrected chi connectivity index (χ1v) is 14.8. The summed E-state index contributed by atoms with van der Waals surface area (Å²) in [7, 11) is -0.758. The molecule has 0 saturated carbocycles. The van der Waals surface area contributed by atoms with Crippen LogP contribution in [-0.4, -0.2) is 27.6 Å². The summed E-state index contributed by atoms with van der Waals surface area (Å²) < 4.78 is 34.9. The van der Waals surface area contributed by atoms with Crippen molar-refractivity contribution in [2.45, 2.75) is 102 Å². The van der Waals surface area contributed by atoms with Crippen LogP contribution in [0.25, 0.3) is 0 Å². The lowest BCUT2D eigenvalue weighted by molar-refractivity contribution is 0.00514. The summed E-state index contributed by atoms with van der Waals surface area (Å²) in [5.74, 6) is 1.32. The fraction of sp³-hybridized carbons (Fsp3) is 0.586. The van der Waals surface area contributed by atoms with Crippen molar-refractivity contribution < 1.29 is 17.4 Å². The average Bonchev–Trinajstić information content (AvgIpc) is 2.82. The summed E-state index contributed by atoms with van der Waals surface area (Å²) in [6.45, 7) is 2.27. The van der Waals surface area contributed by atoms with Crippen molar-refractivity contribution in [1.29, 1.82) is 0 Å². The molecule has 0 aliphatic heterocycles. The molecule has 0 aromatic heterocycles. The molecule has 2 rings (SSSR count). The summed E-state index contributed by atoms with van der Waals surface area (Å²) in [6.07, 6.45) is 18.9. The molecule has 0 bridgehead atoms. The molecule has 0 amide bonds. The predicted octanol–water partition coefficient (Wildman–Crippen LogP) is 8.29. The smallest absolute Gasteiger partial charge is 0.313 e. The molecule has 196 valence electrons. The van der Waals surface area contributed by atoms with Gasteiger partial charge in [-0.2, -0.15) is 17.8 Å². The molecule has 5 nitrogen and oxygen atoms in total. The number of hydrogen-bond donors (Lipinski definition) is 0. The largest absolute Gasteiger partial charge is 0.457 e. The lowest BCUT2D eigenvalue weighted by Crippen LogP contribution is -2.18. The molecule has 0 radical (unpaired) electrons. The number of benzene rings is 2. The van der Waals surface area contributed by atoms with Gasteiger partial charge in [-0.1, -0.05) is 96.1 Å². The highest BCUT2D eigenvalue weighted by molar-refractivity contribution is 7.86. The van der Waals surface area contributed by atoms with Gasteiger partial charge in [0.15, 0.2) is 0 Å². The second kappa shape index (κ2) is 16.7. The number of hydrogen-bond acceptors (Lipinski definition) is 5. The maximum Gasteiger partial charge on any atom is 0.313 e. The molecule has 0 aliphatic carbocycles. The van der Waals surface area contributed by atoms with Gasteiger partial charge in [-0.3, -0.25) is 0 Å². The van der Waals surface area contributed by atoms with Gasteiger partial charge in [-0.05, 0) is 54.8 Å². The first-order valence-electron chi connectivity index (χ1n) is 13.4. The van der Waals surface area contributed by atoms with Crippen molar-refractivity contribution in [2.24, 2.45) is 0 Å². The van der Waals surface area contributed by atoms with Crippen LogP contribution in [0.3, 0.4) is 0 Å². The van der Waals surface area contributed by atoms with Crippen LogP contribution in [0.1, 0.15) is 96.0 Å². The summed E-state index contributed by atoms with van der Waals surface area (Å²) in [5.41, 5.74) is 1.32. The van der Waals surface area contributed by atoms with E-state index in [1.165, 1.54) is 115 Å². The number of nitrogens with zero attached hydrogens (tertiary/aromatic N) is 1. The van der Waals surface area contributed by atoms with Gasteiger partial charge in [0, 0.05) is 14.1 Å². The molecule has 0 unspecified atom stereocenters. The zero-order chi connectivity index (χ0) is 25.4. The van der Waals surface area contributed by atoms with Crippen molar-refractivity contribution in [3.8, 4) is 11.5 Å². The van der Waals surface area contributed by atoms with Gasteiger partial charge in [0.1, 0.15) is 11.5 Å². The molecule has 0 fully saturated rings. The van der Waals surface area contributed by atoms with Crippen molar-refractivity contribution in [2.75, 3.05) is 14.1 Å². The van der Waals surface area contributed by atoms with Crippen LogP contribution in [0.2, 0.25) is 0 Å². The van der Waals surface area contributed by atoms with Crippen LogP contribution in [-0.2, 0) is 20.8 Å².